The average Bonchev–Trinajstić information content (AvgIpc) is 2.87. The van der Waals surface area contributed by atoms with Gasteiger partial charge in [-0.2, -0.15) is 0 Å². The van der Waals surface area contributed by atoms with Crippen LogP contribution in [0.25, 0.3) is 11.0 Å². The highest BCUT2D eigenvalue weighted by Crippen LogP contribution is 2.22. The van der Waals surface area contributed by atoms with E-state index in [9.17, 15) is 14.0 Å². The molecule has 36 heavy (non-hydrogen) atoms. The van der Waals surface area contributed by atoms with E-state index in [1.807, 2.05) is 0 Å². The van der Waals surface area contributed by atoms with Gasteiger partial charge in [-0.05, 0) is 54.6 Å². The number of fused-ring (bicyclic) bond motifs is 1. The summed E-state index contributed by atoms with van der Waals surface area (Å²) in [4.78, 5) is 36.8. The molecular formula is C26H21ClFN5O3. The van der Waals surface area contributed by atoms with E-state index in [1.54, 1.807) is 48.7 Å². The summed E-state index contributed by atoms with van der Waals surface area (Å²) in [5, 5.41) is 5.62. The minimum Gasteiger partial charge on any atom is -0.378 e. The molecule has 2 amide bonds. The second-order valence-electron chi connectivity index (χ2n) is 8.18. The largest absolute Gasteiger partial charge is 0.378 e. The summed E-state index contributed by atoms with van der Waals surface area (Å²) in [5.74, 6) is -0.360. The lowest BCUT2D eigenvalue weighted by Crippen LogP contribution is -2.36. The lowest BCUT2D eigenvalue weighted by molar-refractivity contribution is 0.103. The molecule has 2 N–H and O–H groups in total. The quantitative estimate of drug-likeness (QED) is 0.365. The van der Waals surface area contributed by atoms with E-state index in [4.69, 9.17) is 16.3 Å². The van der Waals surface area contributed by atoms with E-state index in [1.165, 1.54) is 6.07 Å². The Kier molecular flexibility index (Phi) is 6.75. The number of nitrogens with zero attached hydrogens (tertiary/aromatic N) is 3. The summed E-state index contributed by atoms with van der Waals surface area (Å²) < 4.78 is 19.8. The van der Waals surface area contributed by atoms with Crippen LogP contribution in [0.15, 0.2) is 66.9 Å². The topological polar surface area (TPSA) is 96.5 Å². The van der Waals surface area contributed by atoms with Crippen molar-refractivity contribution in [3.63, 3.8) is 0 Å². The van der Waals surface area contributed by atoms with Crippen molar-refractivity contribution in [2.45, 2.75) is 0 Å². The Labute approximate surface area is 211 Å². The molecule has 1 fully saturated rings. The Morgan fingerprint density at radius 3 is 2.53 bits per heavy atom. The van der Waals surface area contributed by atoms with Crippen LogP contribution in [-0.4, -0.2) is 48.1 Å². The molecule has 3 aromatic carbocycles. The summed E-state index contributed by atoms with van der Waals surface area (Å²) in [5.41, 5.74) is 2.22. The molecule has 4 aromatic rings. The standard InChI is InChI=1S/C26H21ClFN5O3/c27-18-2-1-3-20(13-18)30-26(35)31-21-11-17(10-19(28)14-21)25(34)16-4-5-22-23(12-16)32-24(15-29-22)33-6-8-36-9-7-33/h1-5,10-15H,6-9H2,(H2,30,31,35). The van der Waals surface area contributed by atoms with Crippen LogP contribution in [0.1, 0.15) is 15.9 Å². The number of anilines is 3. The first-order chi connectivity index (χ1) is 17.4. The highest BCUT2D eigenvalue weighted by atomic mass is 35.5. The van der Waals surface area contributed by atoms with Crippen molar-refractivity contribution in [2.24, 2.45) is 0 Å². The number of carbonyl (C=O) groups is 2. The van der Waals surface area contributed by atoms with Crippen LogP contribution in [0.5, 0.6) is 0 Å². The van der Waals surface area contributed by atoms with Crippen LogP contribution in [-0.2, 0) is 4.74 Å². The lowest BCUT2D eigenvalue weighted by atomic mass is 10.0. The van der Waals surface area contributed by atoms with Crippen molar-refractivity contribution >= 4 is 51.6 Å². The third kappa shape index (κ3) is 5.42. The number of halogens is 2. The van der Waals surface area contributed by atoms with Gasteiger partial charge < -0.3 is 20.3 Å². The van der Waals surface area contributed by atoms with Gasteiger partial charge in [0.25, 0.3) is 0 Å². The molecule has 0 atom stereocenters. The second-order valence-corrected chi connectivity index (χ2v) is 8.61. The van der Waals surface area contributed by atoms with Crippen molar-refractivity contribution in [2.75, 3.05) is 41.8 Å². The van der Waals surface area contributed by atoms with Gasteiger partial charge in [-0.15, -0.1) is 0 Å². The van der Waals surface area contributed by atoms with E-state index in [-0.39, 0.29) is 11.3 Å². The number of hydrogen-bond donors (Lipinski definition) is 2. The van der Waals surface area contributed by atoms with Crippen LogP contribution >= 0.6 is 11.6 Å². The maximum absolute atomic E-state index is 14.4. The number of aromatic nitrogens is 2. The zero-order chi connectivity index (χ0) is 25.1. The molecular weight excluding hydrogens is 485 g/mol. The molecule has 8 nitrogen and oxygen atoms in total. The van der Waals surface area contributed by atoms with Gasteiger partial charge in [0.2, 0.25) is 0 Å². The fourth-order valence-corrected chi connectivity index (χ4v) is 4.10. The number of ether oxygens (including phenoxy) is 1. The number of ketones is 1. The number of nitrogens with one attached hydrogen (secondary N) is 2. The molecule has 0 saturated carbocycles. The first kappa shape index (κ1) is 23.7. The van der Waals surface area contributed by atoms with Crippen molar-refractivity contribution in [3.8, 4) is 0 Å². The molecule has 1 aliphatic rings. The van der Waals surface area contributed by atoms with Gasteiger partial charge in [-0.1, -0.05) is 17.7 Å². The lowest BCUT2D eigenvalue weighted by Gasteiger charge is -2.27. The molecule has 10 heteroatoms. The SMILES string of the molecule is O=C(Nc1cccc(Cl)c1)Nc1cc(F)cc(C(=O)c2ccc3ncc(N4CCOCC4)nc3c2)c1. The number of amides is 2. The number of benzene rings is 3. The van der Waals surface area contributed by atoms with E-state index in [2.05, 4.69) is 25.5 Å². The van der Waals surface area contributed by atoms with Crippen LogP contribution in [0.4, 0.5) is 26.4 Å². The Morgan fingerprint density at radius 1 is 0.917 bits per heavy atom. The summed E-state index contributed by atoms with van der Waals surface area (Å²) in [7, 11) is 0. The second kappa shape index (κ2) is 10.3. The van der Waals surface area contributed by atoms with Crippen molar-refractivity contribution in [3.05, 3.63) is 88.8 Å². The van der Waals surface area contributed by atoms with Crippen LogP contribution in [0.2, 0.25) is 5.02 Å². The molecule has 0 radical (unpaired) electrons. The van der Waals surface area contributed by atoms with E-state index >= 15 is 0 Å². The zero-order valence-corrected chi connectivity index (χ0v) is 19.8. The Balaban J connectivity index is 1.36. The summed E-state index contributed by atoms with van der Waals surface area (Å²) >= 11 is 5.93. The van der Waals surface area contributed by atoms with Crippen LogP contribution in [0, 0.1) is 5.82 Å². The van der Waals surface area contributed by atoms with E-state index in [0.717, 1.165) is 12.1 Å². The van der Waals surface area contributed by atoms with Gasteiger partial charge in [-0.3, -0.25) is 9.78 Å². The predicted octanol–water partition coefficient (Wildman–Crippen LogP) is 5.13. The Morgan fingerprint density at radius 2 is 1.72 bits per heavy atom. The first-order valence-corrected chi connectivity index (χ1v) is 11.6. The fraction of sp³-hybridized carbons (Fsp3) is 0.154. The van der Waals surface area contributed by atoms with Crippen molar-refractivity contribution in [1.82, 2.24) is 9.97 Å². The normalized spacial score (nSPS) is 13.4. The minimum absolute atomic E-state index is 0.0877. The van der Waals surface area contributed by atoms with Gasteiger partial charge >= 0.3 is 6.03 Å². The van der Waals surface area contributed by atoms with Gasteiger partial charge in [0.15, 0.2) is 5.78 Å². The Hall–Kier alpha value is -4.08. The summed E-state index contributed by atoms with van der Waals surface area (Å²) in [6.07, 6.45) is 1.70. The molecule has 2 heterocycles. The van der Waals surface area contributed by atoms with Gasteiger partial charge in [0, 0.05) is 40.6 Å². The molecule has 0 aliphatic carbocycles. The minimum atomic E-state index is -0.658. The molecule has 1 aromatic heterocycles. The number of urea groups is 1. The predicted molar refractivity (Wildman–Crippen MR) is 136 cm³/mol. The van der Waals surface area contributed by atoms with Gasteiger partial charge in [0.1, 0.15) is 11.6 Å². The third-order valence-corrected chi connectivity index (χ3v) is 5.86. The van der Waals surface area contributed by atoms with Crippen LogP contribution < -0.4 is 15.5 Å². The molecule has 182 valence electrons. The molecule has 0 bridgehead atoms. The van der Waals surface area contributed by atoms with Crippen LogP contribution in [0.3, 0.4) is 0 Å². The number of hydrogen-bond acceptors (Lipinski definition) is 6. The number of carbonyl (C=O) groups excluding carboxylic acids is 2. The summed E-state index contributed by atoms with van der Waals surface area (Å²) in [6.45, 7) is 2.65. The monoisotopic (exact) mass is 505 g/mol. The van der Waals surface area contributed by atoms with Gasteiger partial charge in [0.05, 0.1) is 30.4 Å². The van der Waals surface area contributed by atoms with Gasteiger partial charge in [-0.25, -0.2) is 14.2 Å². The third-order valence-electron chi connectivity index (χ3n) is 5.63. The van der Waals surface area contributed by atoms with E-state index in [0.29, 0.717) is 59.4 Å². The number of morpholine rings is 1. The highest BCUT2D eigenvalue weighted by Gasteiger charge is 2.16. The van der Waals surface area contributed by atoms with E-state index < -0.39 is 17.6 Å². The highest BCUT2D eigenvalue weighted by molar-refractivity contribution is 6.30. The molecule has 0 spiro atoms. The zero-order valence-electron chi connectivity index (χ0n) is 19.0. The fourth-order valence-electron chi connectivity index (χ4n) is 3.91. The molecule has 1 saturated heterocycles. The van der Waals surface area contributed by atoms with Crippen molar-refractivity contribution < 1.29 is 18.7 Å². The maximum Gasteiger partial charge on any atom is 0.323 e. The molecule has 5 rings (SSSR count). The maximum atomic E-state index is 14.4. The first-order valence-electron chi connectivity index (χ1n) is 11.2. The number of rotatable bonds is 5. The Bertz CT molecular complexity index is 1460. The van der Waals surface area contributed by atoms with Crippen molar-refractivity contribution in [1.29, 1.82) is 0 Å². The smallest absolute Gasteiger partial charge is 0.323 e. The molecule has 1 aliphatic heterocycles. The molecule has 0 unspecified atom stereocenters. The average molecular weight is 506 g/mol. The summed E-state index contributed by atoms with van der Waals surface area (Å²) in [6, 6.07) is 14.7.